The molecule has 0 heterocycles. The molecule has 0 spiro atoms. The van der Waals surface area contributed by atoms with Crippen molar-refractivity contribution in [2.24, 2.45) is 0 Å². The van der Waals surface area contributed by atoms with Gasteiger partial charge in [-0.05, 0) is 0 Å². The van der Waals surface area contributed by atoms with Gasteiger partial charge in [-0.1, -0.05) is 0 Å². The first-order valence-corrected chi connectivity index (χ1v) is 4.07. The standard InChI is InChI=1S/C6H10OSe/c7-5-1-3-6(8)4-2-5/h6,8H,1-4H2. The summed E-state index contributed by atoms with van der Waals surface area (Å²) in [5.41, 5.74) is 0. The molecule has 1 saturated carbocycles. The molecule has 0 aromatic rings. The van der Waals surface area contributed by atoms with Crippen LogP contribution in [0.15, 0.2) is 0 Å². The molecule has 1 rings (SSSR count). The quantitative estimate of drug-likeness (QED) is 0.500. The zero-order valence-corrected chi connectivity index (χ0v) is 6.64. The molecule has 2 heteroatoms. The van der Waals surface area contributed by atoms with Crippen molar-refractivity contribution in [2.75, 3.05) is 0 Å². The molecule has 0 atom stereocenters. The van der Waals surface area contributed by atoms with Crippen LogP contribution in [0.4, 0.5) is 0 Å². The molecule has 0 bridgehead atoms. The second-order valence-electron chi connectivity index (χ2n) is 2.27. The molecule has 1 fully saturated rings. The van der Waals surface area contributed by atoms with Gasteiger partial charge in [-0.2, -0.15) is 0 Å². The number of Topliss-reactive ketones (excluding diaryl/α,β-unsaturated/α-hetero) is 1. The van der Waals surface area contributed by atoms with Gasteiger partial charge in [-0.15, -0.1) is 0 Å². The Labute approximate surface area is 57.7 Å². The fraction of sp³-hybridized carbons (Fsp3) is 0.833. The second-order valence-corrected chi connectivity index (χ2v) is 3.80. The molecule has 1 aliphatic carbocycles. The number of hydrogen-bond acceptors (Lipinski definition) is 1. The van der Waals surface area contributed by atoms with Crippen molar-refractivity contribution < 1.29 is 4.79 Å². The van der Waals surface area contributed by atoms with Gasteiger partial charge in [0.1, 0.15) is 0 Å². The Hall–Kier alpha value is 0.189. The molecular weight excluding hydrogens is 167 g/mol. The minimum atomic E-state index is 0.451. The minimum absolute atomic E-state index is 0.451. The van der Waals surface area contributed by atoms with E-state index in [1.165, 1.54) is 0 Å². The molecule has 0 radical (unpaired) electrons. The van der Waals surface area contributed by atoms with E-state index < -0.39 is 0 Å². The van der Waals surface area contributed by atoms with Crippen molar-refractivity contribution in [1.29, 1.82) is 0 Å². The topological polar surface area (TPSA) is 17.1 Å². The predicted molar refractivity (Wildman–Crippen MR) is 34.4 cm³/mol. The van der Waals surface area contributed by atoms with E-state index in [9.17, 15) is 4.79 Å². The van der Waals surface area contributed by atoms with Gasteiger partial charge in [0.25, 0.3) is 0 Å². The summed E-state index contributed by atoms with van der Waals surface area (Å²) in [7, 11) is 0. The Morgan fingerprint density at radius 1 is 1.38 bits per heavy atom. The number of rotatable bonds is 0. The molecule has 0 N–H and O–H groups in total. The van der Waals surface area contributed by atoms with Gasteiger partial charge in [0.05, 0.1) is 0 Å². The Bertz CT molecular complexity index is 90.7. The van der Waals surface area contributed by atoms with E-state index in [1.54, 1.807) is 0 Å². The molecule has 46 valence electrons. The molecule has 1 nitrogen and oxygen atoms in total. The molecule has 0 amide bonds. The first kappa shape index (κ1) is 6.31. The van der Waals surface area contributed by atoms with E-state index in [0.717, 1.165) is 30.5 Å². The third-order valence-corrected chi connectivity index (χ3v) is 2.60. The zero-order valence-electron chi connectivity index (χ0n) is 4.76. The van der Waals surface area contributed by atoms with Gasteiger partial charge in [-0.3, -0.25) is 0 Å². The summed E-state index contributed by atoms with van der Waals surface area (Å²) in [4.78, 5) is 11.3. The van der Waals surface area contributed by atoms with Crippen LogP contribution in [0.3, 0.4) is 0 Å². The van der Waals surface area contributed by atoms with E-state index in [-0.39, 0.29) is 0 Å². The van der Waals surface area contributed by atoms with Crippen molar-refractivity contribution in [2.45, 2.75) is 30.5 Å². The van der Waals surface area contributed by atoms with Crippen LogP contribution in [0.2, 0.25) is 4.82 Å². The Morgan fingerprint density at radius 2 is 1.88 bits per heavy atom. The molecule has 0 aromatic carbocycles. The SMILES string of the molecule is O=C1CCC([SeH])CC1. The molecule has 1 aliphatic rings. The van der Waals surface area contributed by atoms with Crippen molar-refractivity contribution in [3.05, 3.63) is 0 Å². The van der Waals surface area contributed by atoms with E-state index in [2.05, 4.69) is 16.0 Å². The first-order valence-electron chi connectivity index (χ1n) is 2.99. The van der Waals surface area contributed by atoms with Crippen LogP contribution < -0.4 is 0 Å². The maximum atomic E-state index is 10.6. The average Bonchev–Trinajstić information content (AvgIpc) is 1.77. The van der Waals surface area contributed by atoms with Crippen LogP contribution in [0.25, 0.3) is 0 Å². The number of hydrogen-bond donors (Lipinski definition) is 0. The second kappa shape index (κ2) is 2.65. The number of carbonyl (C=O) groups excluding carboxylic acids is 1. The molecule has 0 aliphatic heterocycles. The Kier molecular flexibility index (Phi) is 2.09. The van der Waals surface area contributed by atoms with Gasteiger partial charge in [0.2, 0.25) is 0 Å². The normalized spacial score (nSPS) is 23.9. The van der Waals surface area contributed by atoms with Gasteiger partial charge in [0.15, 0.2) is 0 Å². The summed E-state index contributed by atoms with van der Waals surface area (Å²) in [5.74, 6) is 0.451. The van der Waals surface area contributed by atoms with Crippen LogP contribution in [-0.2, 0) is 4.79 Å². The van der Waals surface area contributed by atoms with Gasteiger partial charge in [-0.25, -0.2) is 0 Å². The van der Waals surface area contributed by atoms with Crippen LogP contribution in [0.5, 0.6) is 0 Å². The molecule has 0 unspecified atom stereocenters. The van der Waals surface area contributed by atoms with Crippen LogP contribution in [0, 0.1) is 0 Å². The summed E-state index contributed by atoms with van der Waals surface area (Å²) in [5, 5.41) is 0. The molecule has 0 saturated heterocycles. The Morgan fingerprint density at radius 3 is 2.25 bits per heavy atom. The van der Waals surface area contributed by atoms with Crippen LogP contribution >= 0.6 is 0 Å². The van der Waals surface area contributed by atoms with E-state index in [1.807, 2.05) is 0 Å². The van der Waals surface area contributed by atoms with Crippen LogP contribution in [-0.4, -0.2) is 21.8 Å². The van der Waals surface area contributed by atoms with Crippen molar-refractivity contribution in [3.8, 4) is 0 Å². The first-order chi connectivity index (χ1) is 3.79. The maximum absolute atomic E-state index is 10.6. The fourth-order valence-electron chi connectivity index (χ4n) is 0.925. The molecule has 8 heavy (non-hydrogen) atoms. The average molecular weight is 177 g/mol. The number of ketones is 1. The van der Waals surface area contributed by atoms with E-state index in [4.69, 9.17) is 0 Å². The van der Waals surface area contributed by atoms with Gasteiger partial charge < -0.3 is 0 Å². The summed E-state index contributed by atoms with van der Waals surface area (Å²) in [6.07, 6.45) is 3.83. The fourth-order valence-corrected chi connectivity index (χ4v) is 1.47. The third kappa shape index (κ3) is 1.61. The molecule has 0 aromatic heterocycles. The monoisotopic (exact) mass is 178 g/mol. The Balaban J connectivity index is 2.29. The van der Waals surface area contributed by atoms with E-state index >= 15 is 0 Å². The van der Waals surface area contributed by atoms with E-state index in [0.29, 0.717) is 5.78 Å². The van der Waals surface area contributed by atoms with Crippen molar-refractivity contribution in [3.63, 3.8) is 0 Å². The van der Waals surface area contributed by atoms with Gasteiger partial charge in [0, 0.05) is 0 Å². The van der Waals surface area contributed by atoms with Crippen molar-refractivity contribution in [1.82, 2.24) is 0 Å². The summed E-state index contributed by atoms with van der Waals surface area (Å²) in [6, 6.07) is 0. The molecular formula is C6H10OSe. The third-order valence-electron chi connectivity index (χ3n) is 1.51. The van der Waals surface area contributed by atoms with Gasteiger partial charge >= 0.3 is 57.1 Å². The zero-order chi connectivity index (χ0) is 5.98. The van der Waals surface area contributed by atoms with Crippen molar-refractivity contribution >= 4 is 21.8 Å². The summed E-state index contributed by atoms with van der Waals surface area (Å²) in [6.45, 7) is 0. The summed E-state index contributed by atoms with van der Waals surface area (Å²) < 4.78 is 0. The predicted octanol–water partition coefficient (Wildman–Crippen LogP) is 0.819. The summed E-state index contributed by atoms with van der Waals surface area (Å²) >= 11 is 2.63. The number of carbonyl (C=O) groups is 1. The van der Waals surface area contributed by atoms with Crippen LogP contribution in [0.1, 0.15) is 25.7 Å².